The molecule has 1 aromatic carbocycles. The molecular weight excluding hydrogens is 300 g/mol. The van der Waals surface area contributed by atoms with Crippen LogP contribution >= 0.6 is 15.9 Å². The van der Waals surface area contributed by atoms with Gasteiger partial charge in [0.05, 0.1) is 5.92 Å². The molecule has 5 nitrogen and oxygen atoms in total. The molecule has 0 aromatic heterocycles. The number of likely N-dealkylation sites (tertiary alicyclic amines) is 1. The summed E-state index contributed by atoms with van der Waals surface area (Å²) in [5.74, 6) is -1.28. The second-order valence-corrected chi connectivity index (χ2v) is 5.12. The number of carboxylic acid groups (broad SMARTS) is 1. The average molecular weight is 313 g/mol. The predicted molar refractivity (Wildman–Crippen MR) is 70.5 cm³/mol. The number of urea groups is 1. The zero-order valence-electron chi connectivity index (χ0n) is 9.60. The number of rotatable bonds is 2. The first kappa shape index (κ1) is 12.9. The lowest BCUT2D eigenvalue weighted by Gasteiger charge is -2.16. The SMILES string of the molecule is O=C(O)C1CCN(C(=O)Nc2ccc(Br)cc2)C1. The van der Waals surface area contributed by atoms with Gasteiger partial charge in [-0.25, -0.2) is 4.79 Å². The van der Waals surface area contributed by atoms with Gasteiger partial charge in [0.25, 0.3) is 0 Å². The van der Waals surface area contributed by atoms with Crippen LogP contribution in [0.4, 0.5) is 10.5 Å². The van der Waals surface area contributed by atoms with E-state index in [1.807, 2.05) is 12.1 Å². The number of benzene rings is 1. The number of hydrogen-bond acceptors (Lipinski definition) is 2. The summed E-state index contributed by atoms with van der Waals surface area (Å²) in [6, 6.07) is 6.99. The normalized spacial score (nSPS) is 18.7. The number of halogens is 1. The van der Waals surface area contributed by atoms with Crippen LogP contribution in [-0.4, -0.2) is 35.1 Å². The number of hydrogen-bond donors (Lipinski definition) is 2. The van der Waals surface area contributed by atoms with Crippen molar-refractivity contribution in [3.63, 3.8) is 0 Å². The third-order valence-electron chi connectivity index (χ3n) is 2.92. The number of carbonyl (C=O) groups is 2. The Hall–Kier alpha value is -1.56. The van der Waals surface area contributed by atoms with Gasteiger partial charge in [-0.2, -0.15) is 0 Å². The van der Waals surface area contributed by atoms with E-state index in [1.54, 1.807) is 12.1 Å². The van der Waals surface area contributed by atoms with Crippen molar-refractivity contribution in [2.45, 2.75) is 6.42 Å². The molecule has 0 radical (unpaired) electrons. The molecule has 0 bridgehead atoms. The number of aliphatic carboxylic acids is 1. The molecule has 1 atom stereocenters. The maximum Gasteiger partial charge on any atom is 0.321 e. The smallest absolute Gasteiger partial charge is 0.321 e. The standard InChI is InChI=1S/C12H13BrN2O3/c13-9-1-3-10(4-2-9)14-12(18)15-6-5-8(7-15)11(16)17/h1-4,8H,5-7H2,(H,14,18)(H,16,17). The zero-order chi connectivity index (χ0) is 13.1. The molecule has 1 unspecified atom stereocenters. The Morgan fingerprint density at radius 3 is 2.56 bits per heavy atom. The number of carbonyl (C=O) groups excluding carboxylic acids is 1. The van der Waals surface area contributed by atoms with Crippen molar-refractivity contribution in [2.24, 2.45) is 5.92 Å². The highest BCUT2D eigenvalue weighted by atomic mass is 79.9. The van der Waals surface area contributed by atoms with E-state index < -0.39 is 11.9 Å². The van der Waals surface area contributed by atoms with Gasteiger partial charge in [0.1, 0.15) is 0 Å². The molecule has 2 N–H and O–H groups in total. The van der Waals surface area contributed by atoms with Crippen molar-refractivity contribution in [1.82, 2.24) is 4.90 Å². The molecule has 2 rings (SSSR count). The zero-order valence-corrected chi connectivity index (χ0v) is 11.2. The quantitative estimate of drug-likeness (QED) is 0.881. The van der Waals surface area contributed by atoms with Crippen LogP contribution in [0.25, 0.3) is 0 Å². The Morgan fingerprint density at radius 1 is 1.33 bits per heavy atom. The minimum atomic E-state index is -0.839. The summed E-state index contributed by atoms with van der Waals surface area (Å²) in [7, 11) is 0. The lowest BCUT2D eigenvalue weighted by Crippen LogP contribution is -2.33. The summed E-state index contributed by atoms with van der Waals surface area (Å²) in [4.78, 5) is 24.2. The van der Waals surface area contributed by atoms with E-state index >= 15 is 0 Å². The number of carboxylic acids is 1. The molecule has 96 valence electrons. The molecule has 1 fully saturated rings. The van der Waals surface area contributed by atoms with Crippen molar-refractivity contribution in [3.05, 3.63) is 28.7 Å². The van der Waals surface area contributed by atoms with Crippen molar-refractivity contribution in [2.75, 3.05) is 18.4 Å². The molecule has 6 heteroatoms. The highest BCUT2D eigenvalue weighted by Crippen LogP contribution is 2.19. The number of nitrogens with zero attached hydrogens (tertiary/aromatic N) is 1. The largest absolute Gasteiger partial charge is 0.481 e. The minimum Gasteiger partial charge on any atom is -0.481 e. The number of anilines is 1. The molecule has 1 aromatic rings. The summed E-state index contributed by atoms with van der Waals surface area (Å²) in [6.45, 7) is 0.761. The van der Waals surface area contributed by atoms with E-state index in [4.69, 9.17) is 5.11 Å². The maximum atomic E-state index is 11.9. The van der Waals surface area contributed by atoms with E-state index in [1.165, 1.54) is 4.90 Å². The first-order valence-corrected chi connectivity index (χ1v) is 6.40. The highest BCUT2D eigenvalue weighted by molar-refractivity contribution is 9.10. The van der Waals surface area contributed by atoms with Gasteiger partial charge in [-0.1, -0.05) is 15.9 Å². The fraction of sp³-hybridized carbons (Fsp3) is 0.333. The second kappa shape index (κ2) is 5.39. The van der Waals surface area contributed by atoms with Gasteiger partial charge < -0.3 is 15.3 Å². The van der Waals surface area contributed by atoms with Gasteiger partial charge >= 0.3 is 12.0 Å². The molecule has 1 aliphatic rings. The van der Waals surface area contributed by atoms with Crippen molar-refractivity contribution >= 4 is 33.6 Å². The lowest BCUT2D eigenvalue weighted by atomic mass is 10.1. The third kappa shape index (κ3) is 3.01. The van der Waals surface area contributed by atoms with E-state index in [9.17, 15) is 9.59 Å². The maximum absolute atomic E-state index is 11.9. The Morgan fingerprint density at radius 2 is 2.00 bits per heavy atom. The van der Waals surface area contributed by atoms with E-state index in [-0.39, 0.29) is 12.6 Å². The molecular formula is C12H13BrN2O3. The van der Waals surface area contributed by atoms with Crippen molar-refractivity contribution in [1.29, 1.82) is 0 Å². The summed E-state index contributed by atoms with van der Waals surface area (Å²) >= 11 is 3.31. The van der Waals surface area contributed by atoms with Crippen LogP contribution in [0.2, 0.25) is 0 Å². The third-order valence-corrected chi connectivity index (χ3v) is 3.45. The fourth-order valence-corrected chi connectivity index (χ4v) is 2.15. The Bertz CT molecular complexity index is 461. The van der Waals surface area contributed by atoms with Crippen LogP contribution in [0.5, 0.6) is 0 Å². The van der Waals surface area contributed by atoms with Crippen molar-refractivity contribution < 1.29 is 14.7 Å². The van der Waals surface area contributed by atoms with Gasteiger partial charge in [-0.15, -0.1) is 0 Å². The first-order valence-electron chi connectivity index (χ1n) is 5.60. The fourth-order valence-electron chi connectivity index (χ4n) is 1.88. The summed E-state index contributed by atoms with van der Waals surface area (Å²) in [6.07, 6.45) is 0.517. The van der Waals surface area contributed by atoms with E-state index in [2.05, 4.69) is 21.2 Å². The number of amides is 2. The molecule has 1 aliphatic heterocycles. The summed E-state index contributed by atoms with van der Waals surface area (Å²) < 4.78 is 0.938. The van der Waals surface area contributed by atoms with E-state index in [0.29, 0.717) is 18.7 Å². The summed E-state index contributed by atoms with van der Waals surface area (Å²) in [5, 5.41) is 11.6. The molecule has 0 aliphatic carbocycles. The molecule has 1 saturated heterocycles. The second-order valence-electron chi connectivity index (χ2n) is 4.21. The number of nitrogens with one attached hydrogen (secondary N) is 1. The van der Waals surface area contributed by atoms with E-state index in [0.717, 1.165) is 4.47 Å². The predicted octanol–water partition coefficient (Wildman–Crippen LogP) is 2.39. The average Bonchev–Trinajstić information content (AvgIpc) is 2.81. The lowest BCUT2D eigenvalue weighted by molar-refractivity contribution is -0.141. The molecule has 0 saturated carbocycles. The highest BCUT2D eigenvalue weighted by Gasteiger charge is 2.30. The van der Waals surface area contributed by atoms with Gasteiger partial charge in [0.2, 0.25) is 0 Å². The van der Waals surface area contributed by atoms with Crippen LogP contribution in [0.1, 0.15) is 6.42 Å². The minimum absolute atomic E-state index is 0.249. The van der Waals surface area contributed by atoms with Crippen LogP contribution in [0.3, 0.4) is 0 Å². The van der Waals surface area contributed by atoms with Crippen molar-refractivity contribution in [3.8, 4) is 0 Å². The molecule has 0 spiro atoms. The Kier molecular flexibility index (Phi) is 3.86. The first-order chi connectivity index (χ1) is 8.56. The van der Waals surface area contributed by atoms with Gasteiger partial charge in [-0.3, -0.25) is 4.79 Å². The Balaban J connectivity index is 1.93. The van der Waals surface area contributed by atoms with Gasteiger partial charge in [0.15, 0.2) is 0 Å². The van der Waals surface area contributed by atoms with Crippen LogP contribution in [0, 0.1) is 5.92 Å². The summed E-state index contributed by atoms with van der Waals surface area (Å²) in [5.41, 5.74) is 0.696. The van der Waals surface area contributed by atoms with Crippen LogP contribution in [0.15, 0.2) is 28.7 Å². The van der Waals surface area contributed by atoms with Gasteiger partial charge in [-0.05, 0) is 30.7 Å². The molecule has 1 heterocycles. The Labute approximate surface area is 113 Å². The van der Waals surface area contributed by atoms with Crippen LogP contribution < -0.4 is 5.32 Å². The molecule has 2 amide bonds. The molecule has 18 heavy (non-hydrogen) atoms. The topological polar surface area (TPSA) is 69.6 Å². The monoisotopic (exact) mass is 312 g/mol. The van der Waals surface area contributed by atoms with Gasteiger partial charge in [0, 0.05) is 23.2 Å². The van der Waals surface area contributed by atoms with Crippen LogP contribution in [-0.2, 0) is 4.79 Å².